The quantitative estimate of drug-likeness (QED) is 0.771. The van der Waals surface area contributed by atoms with Crippen molar-refractivity contribution in [1.82, 2.24) is 0 Å². The van der Waals surface area contributed by atoms with Gasteiger partial charge in [0.2, 0.25) is 0 Å². The highest BCUT2D eigenvalue weighted by molar-refractivity contribution is 5.84. The van der Waals surface area contributed by atoms with Crippen molar-refractivity contribution < 1.29 is 15.0 Å². The lowest BCUT2D eigenvalue weighted by molar-refractivity contribution is -0.173. The fraction of sp³-hybridized carbons (Fsp3) is 0.952. The number of rotatable bonds is 1. The summed E-state index contributed by atoms with van der Waals surface area (Å²) in [6.45, 7) is 6.94. The molecule has 0 aliphatic heterocycles. The molecule has 0 bridgehead atoms. The molecule has 0 saturated heterocycles. The van der Waals surface area contributed by atoms with Gasteiger partial charge in [0.1, 0.15) is 5.78 Å². The third-order valence-corrected chi connectivity index (χ3v) is 9.18. The Morgan fingerprint density at radius 2 is 1.67 bits per heavy atom. The Balaban J connectivity index is 1.65. The van der Waals surface area contributed by atoms with Crippen molar-refractivity contribution in [3.05, 3.63) is 0 Å². The topological polar surface area (TPSA) is 57.5 Å². The zero-order chi connectivity index (χ0) is 17.3. The van der Waals surface area contributed by atoms with Crippen LogP contribution in [0.1, 0.15) is 72.1 Å². The second kappa shape index (κ2) is 5.54. The summed E-state index contributed by atoms with van der Waals surface area (Å²) in [5, 5.41) is 20.7. The van der Waals surface area contributed by atoms with Gasteiger partial charge in [-0.25, -0.2) is 0 Å². The Labute approximate surface area is 146 Å². The summed E-state index contributed by atoms with van der Waals surface area (Å²) in [6, 6.07) is 0. The lowest BCUT2D eigenvalue weighted by atomic mass is 9.44. The number of hydrogen-bond donors (Lipinski definition) is 2. The van der Waals surface area contributed by atoms with E-state index in [0.717, 1.165) is 38.5 Å². The number of ketones is 1. The first-order chi connectivity index (χ1) is 11.3. The summed E-state index contributed by atoms with van der Waals surface area (Å²) < 4.78 is 0. The highest BCUT2D eigenvalue weighted by Crippen LogP contribution is 2.67. The van der Waals surface area contributed by atoms with Crippen molar-refractivity contribution in [1.29, 1.82) is 0 Å². The van der Waals surface area contributed by atoms with Gasteiger partial charge in [-0.05, 0) is 79.4 Å². The predicted octanol–water partition coefficient (Wildman–Crippen LogP) is 3.57. The lowest BCUT2D eigenvalue weighted by Crippen LogP contribution is -2.58. The third kappa shape index (κ3) is 2.06. The molecule has 0 aromatic heterocycles. The van der Waals surface area contributed by atoms with Gasteiger partial charge >= 0.3 is 0 Å². The average molecular weight is 335 g/mol. The molecule has 0 unspecified atom stereocenters. The van der Waals surface area contributed by atoms with Crippen LogP contribution in [0.2, 0.25) is 0 Å². The van der Waals surface area contributed by atoms with Gasteiger partial charge in [0.25, 0.3) is 0 Å². The van der Waals surface area contributed by atoms with Crippen LogP contribution in [0, 0.1) is 40.4 Å². The van der Waals surface area contributed by atoms with E-state index in [0.29, 0.717) is 23.5 Å². The van der Waals surface area contributed by atoms with Crippen LogP contribution in [0.4, 0.5) is 0 Å². The standard InChI is InChI=1S/C21H34O3/c1-4-13-18(23)11-16-12-5-6-15-19(24)17(22)8-10-21(15,3)14(12)7-9-20(13,16)2/h12-17,19,22,24H,4-11H2,1-3H3/t12-,13+,14+,15+,16+,17+,19+,20-,21-/m1/s1. The van der Waals surface area contributed by atoms with Gasteiger partial charge in [-0.15, -0.1) is 0 Å². The molecule has 0 aromatic rings. The smallest absolute Gasteiger partial charge is 0.136 e. The largest absolute Gasteiger partial charge is 0.390 e. The molecule has 9 atom stereocenters. The Bertz CT molecular complexity index is 531. The molecule has 3 nitrogen and oxygen atoms in total. The van der Waals surface area contributed by atoms with Gasteiger partial charge in [-0.1, -0.05) is 20.8 Å². The minimum absolute atomic E-state index is 0.149. The normalized spacial score (nSPS) is 57.2. The van der Waals surface area contributed by atoms with E-state index in [1.807, 2.05) is 0 Å². The van der Waals surface area contributed by atoms with Crippen molar-refractivity contribution in [2.24, 2.45) is 40.4 Å². The SMILES string of the molecule is CC[C@H]1C(=O)C[C@H]2[C@@H]3CC[C@H]4[C@H](O)[C@@H](O)CC[C@]4(C)[C@H]3CC[C@]12C. The second-order valence-corrected chi connectivity index (χ2v) is 9.84. The first kappa shape index (κ1) is 17.0. The molecular formula is C21H34O3. The maximum Gasteiger partial charge on any atom is 0.136 e. The van der Waals surface area contributed by atoms with Crippen LogP contribution in [0.25, 0.3) is 0 Å². The minimum atomic E-state index is -0.549. The molecule has 24 heavy (non-hydrogen) atoms. The van der Waals surface area contributed by atoms with Crippen molar-refractivity contribution in [3.63, 3.8) is 0 Å². The number of aliphatic hydroxyl groups excluding tert-OH is 2. The summed E-state index contributed by atoms with van der Waals surface area (Å²) in [4.78, 5) is 12.6. The van der Waals surface area contributed by atoms with Gasteiger partial charge in [-0.3, -0.25) is 4.79 Å². The molecule has 0 radical (unpaired) electrons. The monoisotopic (exact) mass is 334 g/mol. The van der Waals surface area contributed by atoms with Gasteiger partial charge in [-0.2, -0.15) is 0 Å². The van der Waals surface area contributed by atoms with Crippen molar-refractivity contribution in [2.45, 2.75) is 84.3 Å². The second-order valence-electron chi connectivity index (χ2n) is 9.84. The number of fused-ring (bicyclic) bond motifs is 5. The molecule has 4 aliphatic rings. The molecule has 4 saturated carbocycles. The van der Waals surface area contributed by atoms with Crippen LogP contribution < -0.4 is 0 Å². The first-order valence-corrected chi connectivity index (χ1v) is 10.2. The molecule has 4 fully saturated rings. The maximum atomic E-state index is 12.6. The number of hydrogen-bond acceptors (Lipinski definition) is 3. The molecule has 136 valence electrons. The summed E-state index contributed by atoms with van der Waals surface area (Å²) in [6.07, 6.45) is 7.00. The van der Waals surface area contributed by atoms with Crippen LogP contribution in [-0.2, 0) is 4.79 Å². The van der Waals surface area contributed by atoms with E-state index in [2.05, 4.69) is 20.8 Å². The molecule has 0 heterocycles. The molecule has 4 aliphatic carbocycles. The lowest BCUT2D eigenvalue weighted by Gasteiger charge is -2.61. The van der Waals surface area contributed by atoms with Gasteiger partial charge in [0, 0.05) is 12.3 Å². The maximum absolute atomic E-state index is 12.6. The van der Waals surface area contributed by atoms with Crippen LogP contribution in [0.3, 0.4) is 0 Å². The van der Waals surface area contributed by atoms with E-state index < -0.39 is 12.2 Å². The number of Topliss-reactive ketones (excluding diaryl/α,β-unsaturated/α-hetero) is 1. The Morgan fingerprint density at radius 3 is 2.38 bits per heavy atom. The van der Waals surface area contributed by atoms with Crippen LogP contribution >= 0.6 is 0 Å². The molecule has 0 spiro atoms. The minimum Gasteiger partial charge on any atom is -0.390 e. The molecule has 0 amide bonds. The summed E-state index contributed by atoms with van der Waals surface area (Å²) in [5.41, 5.74) is 0.360. The fourth-order valence-corrected chi connectivity index (χ4v) is 7.90. The van der Waals surface area contributed by atoms with Gasteiger partial charge in [0.05, 0.1) is 12.2 Å². The first-order valence-electron chi connectivity index (χ1n) is 10.2. The van der Waals surface area contributed by atoms with Crippen LogP contribution in [0.5, 0.6) is 0 Å². The average Bonchev–Trinajstić information content (AvgIpc) is 2.81. The van der Waals surface area contributed by atoms with E-state index in [1.54, 1.807) is 0 Å². The van der Waals surface area contributed by atoms with E-state index in [1.165, 1.54) is 12.8 Å². The zero-order valence-corrected chi connectivity index (χ0v) is 15.5. The highest BCUT2D eigenvalue weighted by atomic mass is 16.3. The van der Waals surface area contributed by atoms with E-state index in [-0.39, 0.29) is 22.7 Å². The Hall–Kier alpha value is -0.410. The molecule has 2 N–H and O–H groups in total. The molecule has 3 heteroatoms. The van der Waals surface area contributed by atoms with Crippen molar-refractivity contribution in [2.75, 3.05) is 0 Å². The Kier molecular flexibility index (Phi) is 3.93. The Morgan fingerprint density at radius 1 is 0.958 bits per heavy atom. The predicted molar refractivity (Wildman–Crippen MR) is 93.3 cm³/mol. The summed E-state index contributed by atoms with van der Waals surface area (Å²) in [7, 11) is 0. The van der Waals surface area contributed by atoms with Crippen LogP contribution in [-0.4, -0.2) is 28.2 Å². The van der Waals surface area contributed by atoms with Crippen molar-refractivity contribution >= 4 is 5.78 Å². The third-order valence-electron chi connectivity index (χ3n) is 9.18. The molecule has 0 aromatic carbocycles. The molecule has 4 rings (SSSR count). The number of carbonyl (C=O) groups is 1. The summed E-state index contributed by atoms with van der Waals surface area (Å²) >= 11 is 0. The molecular weight excluding hydrogens is 300 g/mol. The van der Waals surface area contributed by atoms with Crippen molar-refractivity contribution in [3.8, 4) is 0 Å². The fourth-order valence-electron chi connectivity index (χ4n) is 7.90. The highest BCUT2D eigenvalue weighted by Gasteiger charge is 2.62. The zero-order valence-electron chi connectivity index (χ0n) is 15.5. The number of aliphatic hydroxyl groups is 2. The van der Waals surface area contributed by atoms with Gasteiger partial charge in [0.15, 0.2) is 0 Å². The number of carbonyl (C=O) groups excluding carboxylic acids is 1. The van der Waals surface area contributed by atoms with E-state index in [4.69, 9.17) is 0 Å². The van der Waals surface area contributed by atoms with E-state index in [9.17, 15) is 15.0 Å². The van der Waals surface area contributed by atoms with Crippen LogP contribution in [0.15, 0.2) is 0 Å². The van der Waals surface area contributed by atoms with Gasteiger partial charge < -0.3 is 10.2 Å². The summed E-state index contributed by atoms with van der Waals surface area (Å²) in [5.74, 6) is 2.85. The van der Waals surface area contributed by atoms with E-state index >= 15 is 0 Å².